The van der Waals surface area contributed by atoms with Gasteiger partial charge in [-0.25, -0.2) is 13.8 Å². The molecule has 2 aliphatic rings. The van der Waals surface area contributed by atoms with Gasteiger partial charge in [0.1, 0.15) is 0 Å². The van der Waals surface area contributed by atoms with Crippen LogP contribution in [0.25, 0.3) is 0 Å². The van der Waals surface area contributed by atoms with Crippen molar-refractivity contribution in [1.29, 1.82) is 0 Å². The van der Waals surface area contributed by atoms with Gasteiger partial charge in [-0.3, -0.25) is 4.79 Å². The van der Waals surface area contributed by atoms with Crippen LogP contribution in [0.5, 0.6) is 0 Å². The van der Waals surface area contributed by atoms with Gasteiger partial charge in [0.2, 0.25) is 5.91 Å². The molecule has 1 aliphatic carbocycles. The van der Waals surface area contributed by atoms with Crippen molar-refractivity contribution in [2.45, 2.75) is 38.0 Å². The Balaban J connectivity index is 1.69. The van der Waals surface area contributed by atoms with Gasteiger partial charge < -0.3 is 0 Å². The maximum absolute atomic E-state index is 12.1. The van der Waals surface area contributed by atoms with Gasteiger partial charge in [0.25, 0.3) is 0 Å². The number of carbonyl (C=O) groups is 1. The molecule has 124 valence electrons. The van der Waals surface area contributed by atoms with Crippen molar-refractivity contribution in [2.75, 3.05) is 11.5 Å². The molecule has 0 spiro atoms. The second-order valence-corrected chi connectivity index (χ2v) is 8.62. The van der Waals surface area contributed by atoms with E-state index in [0.717, 1.165) is 31.4 Å². The van der Waals surface area contributed by atoms with Crippen molar-refractivity contribution in [3.8, 4) is 0 Å². The molecule has 1 saturated carbocycles. The third-order valence-corrected chi connectivity index (χ3v) is 6.46. The zero-order chi connectivity index (χ0) is 16.3. The van der Waals surface area contributed by atoms with Gasteiger partial charge in [-0.05, 0) is 31.2 Å². The van der Waals surface area contributed by atoms with Gasteiger partial charge in [0.05, 0.1) is 17.4 Å². The van der Waals surface area contributed by atoms with Crippen molar-refractivity contribution < 1.29 is 13.2 Å². The van der Waals surface area contributed by atoms with Gasteiger partial charge in [0, 0.05) is 11.6 Å². The maximum atomic E-state index is 12.1. The quantitative estimate of drug-likeness (QED) is 0.862. The Morgan fingerprint density at radius 2 is 1.91 bits per heavy atom. The highest BCUT2D eigenvalue weighted by Gasteiger charge is 2.33. The number of amides is 1. The minimum absolute atomic E-state index is 0.0498. The predicted octanol–water partition coefficient (Wildman–Crippen LogP) is 2.25. The molecule has 2 fully saturated rings. The molecule has 0 radical (unpaired) electrons. The molecule has 1 aromatic carbocycles. The first kappa shape index (κ1) is 16.2. The number of hydrogen-bond acceptors (Lipinski definition) is 4. The molecule has 3 rings (SSSR count). The second-order valence-electron chi connectivity index (χ2n) is 6.39. The first-order valence-electron chi connectivity index (χ1n) is 8.17. The summed E-state index contributed by atoms with van der Waals surface area (Å²) in [5.41, 5.74) is 4.84. The Bertz CT molecular complexity index is 698. The lowest BCUT2D eigenvalue weighted by molar-refractivity contribution is -0.124. The summed E-state index contributed by atoms with van der Waals surface area (Å²) in [6, 6.07) is 10.2. The monoisotopic (exact) mass is 334 g/mol. The van der Waals surface area contributed by atoms with Crippen molar-refractivity contribution >= 4 is 21.5 Å². The highest BCUT2D eigenvalue weighted by molar-refractivity contribution is 7.91. The highest BCUT2D eigenvalue weighted by atomic mass is 32.2. The average molecular weight is 334 g/mol. The largest absolute Gasteiger partial charge is 0.273 e. The lowest BCUT2D eigenvalue weighted by Crippen LogP contribution is -2.30. The molecule has 1 N–H and O–H groups in total. The summed E-state index contributed by atoms with van der Waals surface area (Å²) in [5.74, 6) is -0.420. The fourth-order valence-corrected chi connectivity index (χ4v) is 5.14. The Morgan fingerprint density at radius 1 is 1.13 bits per heavy atom. The number of hydrogen-bond donors (Lipinski definition) is 1. The zero-order valence-corrected chi connectivity index (χ0v) is 13.9. The van der Waals surface area contributed by atoms with Crippen LogP contribution >= 0.6 is 0 Å². The van der Waals surface area contributed by atoms with E-state index in [1.807, 2.05) is 18.2 Å². The number of benzene rings is 1. The van der Waals surface area contributed by atoms with Crippen LogP contribution < -0.4 is 5.43 Å². The van der Waals surface area contributed by atoms with Crippen molar-refractivity contribution in [3.05, 3.63) is 35.9 Å². The summed E-state index contributed by atoms with van der Waals surface area (Å²) in [6.07, 6.45) is 4.56. The average Bonchev–Trinajstić information content (AvgIpc) is 2.94. The lowest BCUT2D eigenvalue weighted by atomic mass is 9.82. The summed E-state index contributed by atoms with van der Waals surface area (Å²) < 4.78 is 22.9. The van der Waals surface area contributed by atoms with E-state index < -0.39 is 15.8 Å². The lowest BCUT2D eigenvalue weighted by Gasteiger charge is -2.24. The number of rotatable bonds is 3. The number of carbonyl (C=O) groups excluding carboxylic acids is 1. The molecule has 1 aromatic rings. The maximum Gasteiger partial charge on any atom is 0.244 e. The molecule has 1 aliphatic heterocycles. The Labute approximate surface area is 137 Å². The van der Waals surface area contributed by atoms with Gasteiger partial charge in [-0.1, -0.05) is 36.8 Å². The van der Waals surface area contributed by atoms with Gasteiger partial charge in [0.15, 0.2) is 9.84 Å². The first-order chi connectivity index (χ1) is 11.1. The molecule has 2 atom stereocenters. The van der Waals surface area contributed by atoms with Crippen LogP contribution in [0.3, 0.4) is 0 Å². The molecule has 1 saturated heterocycles. The van der Waals surface area contributed by atoms with Crippen LogP contribution in [0.2, 0.25) is 0 Å². The minimum atomic E-state index is -3.05. The van der Waals surface area contributed by atoms with E-state index in [9.17, 15) is 13.2 Å². The number of nitrogens with one attached hydrogen (secondary N) is 1. The van der Waals surface area contributed by atoms with Crippen LogP contribution in [0, 0.1) is 5.92 Å². The third kappa shape index (κ3) is 3.99. The first-order valence-corrected chi connectivity index (χ1v) is 9.99. The van der Waals surface area contributed by atoms with E-state index in [2.05, 4.69) is 22.7 Å². The van der Waals surface area contributed by atoms with Crippen LogP contribution in [0.1, 0.15) is 43.6 Å². The van der Waals surface area contributed by atoms with Crippen molar-refractivity contribution in [1.82, 2.24) is 5.43 Å². The standard InChI is InChI=1S/C17H22N2O3S/c20-17(14-10-11-23(21,22)12-14)19-18-16-9-5-4-8-15(16)13-6-2-1-3-7-13/h1-3,6-7,14-15H,4-5,8-12H2,(H,19,20)/t14-,15+/m0/s1. The van der Waals surface area contributed by atoms with Gasteiger partial charge >= 0.3 is 0 Å². The smallest absolute Gasteiger partial charge is 0.244 e. The predicted molar refractivity (Wildman–Crippen MR) is 90.0 cm³/mol. The number of hydrazone groups is 1. The zero-order valence-electron chi connectivity index (χ0n) is 13.1. The molecule has 5 nitrogen and oxygen atoms in total. The van der Waals surface area contributed by atoms with Crippen LogP contribution in [-0.4, -0.2) is 31.5 Å². The van der Waals surface area contributed by atoms with E-state index in [-0.39, 0.29) is 23.3 Å². The molecule has 0 bridgehead atoms. The van der Waals surface area contributed by atoms with Crippen LogP contribution in [0.4, 0.5) is 0 Å². The van der Waals surface area contributed by atoms with Crippen molar-refractivity contribution in [2.24, 2.45) is 11.0 Å². The molecule has 0 aromatic heterocycles. The van der Waals surface area contributed by atoms with E-state index in [0.29, 0.717) is 6.42 Å². The van der Waals surface area contributed by atoms with Gasteiger partial charge in [-0.15, -0.1) is 0 Å². The Hall–Kier alpha value is -1.69. The number of sulfone groups is 1. The highest BCUT2D eigenvalue weighted by Crippen LogP contribution is 2.30. The summed E-state index contributed by atoms with van der Waals surface area (Å²) in [5, 5.41) is 4.36. The minimum Gasteiger partial charge on any atom is -0.273 e. The van der Waals surface area contributed by atoms with Crippen molar-refractivity contribution in [3.63, 3.8) is 0 Å². The molecular formula is C17H22N2O3S. The summed E-state index contributed by atoms with van der Waals surface area (Å²) in [6.45, 7) is 0. The summed E-state index contributed by atoms with van der Waals surface area (Å²) >= 11 is 0. The third-order valence-electron chi connectivity index (χ3n) is 4.69. The van der Waals surface area contributed by atoms with E-state index in [4.69, 9.17) is 0 Å². The Kier molecular flexibility index (Phi) is 4.80. The molecule has 1 amide bonds. The van der Waals surface area contributed by atoms with Crippen LogP contribution in [0.15, 0.2) is 35.4 Å². The Morgan fingerprint density at radius 3 is 2.61 bits per heavy atom. The molecule has 1 heterocycles. The SMILES string of the molecule is O=C(NN=C1CCCC[C@@H]1c1ccccc1)[C@H]1CCS(=O)(=O)C1. The summed E-state index contributed by atoms with van der Waals surface area (Å²) in [7, 11) is -3.05. The van der Waals surface area contributed by atoms with E-state index in [1.165, 1.54) is 5.56 Å². The fourth-order valence-electron chi connectivity index (χ4n) is 3.39. The second kappa shape index (κ2) is 6.83. The van der Waals surface area contributed by atoms with Crippen LogP contribution in [-0.2, 0) is 14.6 Å². The molecule has 23 heavy (non-hydrogen) atoms. The number of nitrogens with zero attached hydrogens (tertiary/aromatic N) is 1. The summed E-state index contributed by atoms with van der Waals surface area (Å²) in [4.78, 5) is 12.1. The van der Waals surface area contributed by atoms with E-state index >= 15 is 0 Å². The normalized spacial score (nSPS) is 28.6. The molecular weight excluding hydrogens is 312 g/mol. The fraction of sp³-hybridized carbons (Fsp3) is 0.529. The van der Waals surface area contributed by atoms with Gasteiger partial charge in [-0.2, -0.15) is 5.10 Å². The molecule has 0 unspecified atom stereocenters. The molecule has 6 heteroatoms. The topological polar surface area (TPSA) is 75.6 Å². The van der Waals surface area contributed by atoms with E-state index in [1.54, 1.807) is 0 Å².